The number of benzene rings is 1. The highest BCUT2D eigenvalue weighted by Crippen LogP contribution is 2.25. The van der Waals surface area contributed by atoms with E-state index >= 15 is 0 Å². The first-order chi connectivity index (χ1) is 12.5. The van der Waals surface area contributed by atoms with Crippen molar-refractivity contribution >= 4 is 11.9 Å². The summed E-state index contributed by atoms with van der Waals surface area (Å²) in [5.41, 5.74) is 1.01. The van der Waals surface area contributed by atoms with E-state index in [9.17, 15) is 14.0 Å². The molecule has 0 spiro atoms. The first-order valence-electron chi connectivity index (χ1n) is 9.54. The van der Waals surface area contributed by atoms with Crippen molar-refractivity contribution in [1.29, 1.82) is 0 Å². The topological polar surface area (TPSA) is 69.6 Å². The van der Waals surface area contributed by atoms with Gasteiger partial charge in [0.1, 0.15) is 5.82 Å². The van der Waals surface area contributed by atoms with Crippen molar-refractivity contribution in [1.82, 2.24) is 10.2 Å². The summed E-state index contributed by atoms with van der Waals surface area (Å²) in [6, 6.07) is 6.36. The number of amides is 1. The van der Waals surface area contributed by atoms with Crippen LogP contribution in [-0.4, -0.2) is 40.5 Å². The van der Waals surface area contributed by atoms with E-state index in [1.807, 2.05) is 0 Å². The van der Waals surface area contributed by atoms with Crippen LogP contribution in [0.2, 0.25) is 0 Å². The molecular weight excluding hydrogens is 335 g/mol. The average molecular weight is 362 g/mol. The van der Waals surface area contributed by atoms with E-state index in [1.165, 1.54) is 12.1 Å². The predicted octanol–water partition coefficient (Wildman–Crippen LogP) is 2.94. The molecule has 2 N–H and O–H groups in total. The van der Waals surface area contributed by atoms with Gasteiger partial charge in [0, 0.05) is 12.6 Å². The second-order valence-electron chi connectivity index (χ2n) is 7.50. The molecule has 1 aromatic carbocycles. The molecular formula is C20H27FN2O3. The Morgan fingerprint density at radius 1 is 1.08 bits per heavy atom. The molecule has 0 radical (unpaired) electrons. The molecule has 3 rings (SSSR count). The van der Waals surface area contributed by atoms with Crippen LogP contribution in [0.4, 0.5) is 4.39 Å². The number of piperidine rings is 1. The standard InChI is InChI=1S/C20H27FN2O3/c21-16-8-4-14(5-9-16)13-23-12-2-1-3-18(23)19(24)22-17-10-6-15(7-11-17)20(25)26/h4-5,8-9,15,17-18H,1-3,6-7,10-13H2,(H,22,24)(H,25,26)/t15?,17?,18-/m1/s1. The summed E-state index contributed by atoms with van der Waals surface area (Å²) >= 11 is 0. The van der Waals surface area contributed by atoms with Crippen molar-refractivity contribution in [2.24, 2.45) is 5.92 Å². The van der Waals surface area contributed by atoms with Gasteiger partial charge in [-0.05, 0) is 62.8 Å². The number of hydrogen-bond acceptors (Lipinski definition) is 3. The lowest BCUT2D eigenvalue weighted by Gasteiger charge is -2.36. The van der Waals surface area contributed by atoms with Gasteiger partial charge in [0.15, 0.2) is 0 Å². The molecule has 1 amide bonds. The summed E-state index contributed by atoms with van der Waals surface area (Å²) in [5, 5.41) is 12.2. The van der Waals surface area contributed by atoms with Crippen LogP contribution in [0.1, 0.15) is 50.5 Å². The van der Waals surface area contributed by atoms with Crippen LogP contribution >= 0.6 is 0 Å². The number of carbonyl (C=O) groups is 2. The molecule has 1 aliphatic carbocycles. The molecule has 26 heavy (non-hydrogen) atoms. The normalized spacial score (nSPS) is 27.0. The molecule has 0 unspecified atom stereocenters. The molecule has 1 saturated carbocycles. The van der Waals surface area contributed by atoms with Gasteiger partial charge in [0.2, 0.25) is 5.91 Å². The lowest BCUT2D eigenvalue weighted by atomic mass is 9.86. The summed E-state index contributed by atoms with van der Waals surface area (Å²) in [5.74, 6) is -1.20. The Labute approximate surface area is 153 Å². The van der Waals surface area contributed by atoms with Crippen LogP contribution in [0.25, 0.3) is 0 Å². The molecule has 1 heterocycles. The maximum absolute atomic E-state index is 13.1. The largest absolute Gasteiger partial charge is 0.481 e. The smallest absolute Gasteiger partial charge is 0.306 e. The minimum atomic E-state index is -0.729. The number of halogens is 1. The number of hydrogen-bond donors (Lipinski definition) is 2. The Hall–Kier alpha value is -1.95. The molecule has 1 atom stereocenters. The Balaban J connectivity index is 1.56. The van der Waals surface area contributed by atoms with Gasteiger partial charge in [0.25, 0.3) is 0 Å². The summed E-state index contributed by atoms with van der Waals surface area (Å²) < 4.78 is 13.1. The second-order valence-corrected chi connectivity index (χ2v) is 7.50. The van der Waals surface area contributed by atoms with Gasteiger partial charge >= 0.3 is 5.97 Å². The van der Waals surface area contributed by atoms with Crippen LogP contribution < -0.4 is 5.32 Å². The molecule has 0 bridgehead atoms. The predicted molar refractivity (Wildman–Crippen MR) is 96.0 cm³/mol. The Kier molecular flexibility index (Phi) is 6.25. The number of carbonyl (C=O) groups excluding carboxylic acids is 1. The summed E-state index contributed by atoms with van der Waals surface area (Å²) in [6.07, 6.45) is 5.64. The number of rotatable bonds is 5. The fraction of sp³-hybridized carbons (Fsp3) is 0.600. The lowest BCUT2D eigenvalue weighted by Crippen LogP contribution is -2.52. The van der Waals surface area contributed by atoms with Crippen molar-refractivity contribution in [3.05, 3.63) is 35.6 Å². The molecule has 2 aliphatic rings. The number of carboxylic acid groups (broad SMARTS) is 1. The molecule has 142 valence electrons. The average Bonchev–Trinajstić information content (AvgIpc) is 2.64. The summed E-state index contributed by atoms with van der Waals surface area (Å²) in [4.78, 5) is 26.0. The maximum Gasteiger partial charge on any atom is 0.306 e. The van der Waals surface area contributed by atoms with Crippen LogP contribution in [-0.2, 0) is 16.1 Å². The SMILES string of the molecule is O=C(O)C1CCC(NC(=O)[C@H]2CCCCN2Cc2ccc(F)cc2)CC1. The highest BCUT2D eigenvalue weighted by Gasteiger charge is 2.32. The van der Waals surface area contributed by atoms with E-state index in [-0.39, 0.29) is 29.7 Å². The van der Waals surface area contributed by atoms with Crippen LogP contribution in [0.5, 0.6) is 0 Å². The Morgan fingerprint density at radius 3 is 2.42 bits per heavy atom. The van der Waals surface area contributed by atoms with Gasteiger partial charge in [-0.2, -0.15) is 0 Å². The quantitative estimate of drug-likeness (QED) is 0.845. The minimum absolute atomic E-state index is 0.0468. The monoisotopic (exact) mass is 362 g/mol. The highest BCUT2D eigenvalue weighted by atomic mass is 19.1. The number of nitrogens with zero attached hydrogens (tertiary/aromatic N) is 1. The van der Waals surface area contributed by atoms with Gasteiger partial charge < -0.3 is 10.4 Å². The minimum Gasteiger partial charge on any atom is -0.481 e. The highest BCUT2D eigenvalue weighted by molar-refractivity contribution is 5.82. The van der Waals surface area contributed by atoms with Gasteiger partial charge in [-0.3, -0.25) is 14.5 Å². The fourth-order valence-corrected chi connectivity index (χ4v) is 4.08. The van der Waals surface area contributed by atoms with Crippen molar-refractivity contribution in [2.45, 2.75) is 63.6 Å². The number of aliphatic carboxylic acids is 1. The van der Waals surface area contributed by atoms with Gasteiger partial charge in [-0.15, -0.1) is 0 Å². The zero-order chi connectivity index (χ0) is 18.5. The molecule has 1 saturated heterocycles. The third kappa shape index (κ3) is 4.81. The van der Waals surface area contributed by atoms with E-state index in [2.05, 4.69) is 10.2 Å². The van der Waals surface area contributed by atoms with E-state index in [0.717, 1.165) is 44.2 Å². The molecule has 1 aliphatic heterocycles. The molecule has 6 heteroatoms. The first-order valence-corrected chi connectivity index (χ1v) is 9.54. The fourth-order valence-electron chi connectivity index (χ4n) is 4.08. The van der Waals surface area contributed by atoms with Crippen molar-refractivity contribution < 1.29 is 19.1 Å². The van der Waals surface area contributed by atoms with E-state index in [4.69, 9.17) is 5.11 Å². The van der Waals surface area contributed by atoms with Gasteiger partial charge in [-0.25, -0.2) is 4.39 Å². The third-order valence-corrected chi connectivity index (χ3v) is 5.64. The second kappa shape index (κ2) is 8.62. The number of likely N-dealkylation sites (tertiary alicyclic amines) is 1. The van der Waals surface area contributed by atoms with Crippen LogP contribution in [0.15, 0.2) is 24.3 Å². The zero-order valence-electron chi connectivity index (χ0n) is 15.0. The van der Waals surface area contributed by atoms with Crippen LogP contribution in [0.3, 0.4) is 0 Å². The first kappa shape index (κ1) is 18.8. The van der Waals surface area contributed by atoms with E-state index < -0.39 is 5.97 Å². The van der Waals surface area contributed by atoms with Crippen LogP contribution in [0, 0.1) is 11.7 Å². The van der Waals surface area contributed by atoms with Gasteiger partial charge in [0.05, 0.1) is 12.0 Å². The number of carboxylic acids is 1. The maximum atomic E-state index is 13.1. The van der Waals surface area contributed by atoms with Crippen molar-refractivity contribution in [3.63, 3.8) is 0 Å². The molecule has 0 aromatic heterocycles. The molecule has 5 nitrogen and oxygen atoms in total. The Bertz CT molecular complexity index is 626. The summed E-state index contributed by atoms with van der Waals surface area (Å²) in [6.45, 7) is 1.51. The van der Waals surface area contributed by atoms with E-state index in [0.29, 0.717) is 19.4 Å². The lowest BCUT2D eigenvalue weighted by molar-refractivity contribution is -0.142. The summed E-state index contributed by atoms with van der Waals surface area (Å²) in [7, 11) is 0. The van der Waals surface area contributed by atoms with Crippen molar-refractivity contribution in [2.75, 3.05) is 6.54 Å². The molecule has 1 aromatic rings. The molecule has 2 fully saturated rings. The third-order valence-electron chi connectivity index (χ3n) is 5.64. The Morgan fingerprint density at radius 2 is 1.77 bits per heavy atom. The van der Waals surface area contributed by atoms with E-state index in [1.54, 1.807) is 12.1 Å². The number of nitrogens with one attached hydrogen (secondary N) is 1. The zero-order valence-corrected chi connectivity index (χ0v) is 15.0. The van der Waals surface area contributed by atoms with Crippen molar-refractivity contribution in [3.8, 4) is 0 Å². The van der Waals surface area contributed by atoms with Gasteiger partial charge in [-0.1, -0.05) is 18.6 Å².